The molecule has 0 atom stereocenters. The molecule has 1 aliphatic rings. The van der Waals surface area contributed by atoms with Gasteiger partial charge in [-0.2, -0.15) is 0 Å². The Bertz CT molecular complexity index is 1160. The largest absolute Gasteiger partial charge is 0.379 e. The van der Waals surface area contributed by atoms with Gasteiger partial charge in [-0.1, -0.05) is 65.4 Å². The minimum absolute atomic E-state index is 0.333. The lowest BCUT2D eigenvalue weighted by Gasteiger charge is -2.26. The third kappa shape index (κ3) is 4.15. The molecule has 6 nitrogen and oxygen atoms in total. The normalized spacial score (nSPS) is 14.8. The van der Waals surface area contributed by atoms with Gasteiger partial charge < -0.3 is 10.1 Å². The standard InChI is InChI=1S/C22H20ClN5OS/c23-20-21(25-17-9-5-4-8-16(17)24-20)27-22-26-19(15-6-2-1-3-7-15)18(30-22)14-28-10-12-29-13-11-28/h1-9H,10-14H2,(H,25,26,27). The van der Waals surface area contributed by atoms with E-state index in [0.717, 1.165) is 60.3 Å². The molecule has 1 saturated heterocycles. The highest BCUT2D eigenvalue weighted by Crippen LogP contribution is 2.34. The lowest BCUT2D eigenvalue weighted by Crippen LogP contribution is -2.35. The Kier molecular flexibility index (Phi) is 5.59. The van der Waals surface area contributed by atoms with E-state index < -0.39 is 0 Å². The molecule has 4 aromatic rings. The maximum Gasteiger partial charge on any atom is 0.189 e. The summed E-state index contributed by atoms with van der Waals surface area (Å²) in [5.41, 5.74) is 3.64. The molecule has 152 valence electrons. The number of rotatable bonds is 5. The van der Waals surface area contributed by atoms with Gasteiger partial charge in [0.25, 0.3) is 0 Å². The van der Waals surface area contributed by atoms with Gasteiger partial charge in [-0.3, -0.25) is 4.90 Å². The van der Waals surface area contributed by atoms with Crippen LogP contribution in [0, 0.1) is 0 Å². The Morgan fingerprint density at radius 2 is 1.63 bits per heavy atom. The number of hydrogen-bond donors (Lipinski definition) is 1. The van der Waals surface area contributed by atoms with E-state index in [4.69, 9.17) is 21.3 Å². The summed E-state index contributed by atoms with van der Waals surface area (Å²) in [7, 11) is 0. The van der Waals surface area contributed by atoms with Crippen molar-refractivity contribution in [2.75, 3.05) is 31.6 Å². The van der Waals surface area contributed by atoms with Crippen LogP contribution in [-0.4, -0.2) is 46.2 Å². The van der Waals surface area contributed by atoms with Crippen LogP contribution in [0.25, 0.3) is 22.3 Å². The first-order valence-electron chi connectivity index (χ1n) is 9.81. The zero-order valence-corrected chi connectivity index (χ0v) is 17.8. The summed E-state index contributed by atoms with van der Waals surface area (Å²) in [6.45, 7) is 4.23. The van der Waals surface area contributed by atoms with Crippen molar-refractivity contribution in [3.63, 3.8) is 0 Å². The van der Waals surface area contributed by atoms with Gasteiger partial charge in [-0.25, -0.2) is 15.0 Å². The predicted molar refractivity (Wildman–Crippen MR) is 121 cm³/mol. The van der Waals surface area contributed by atoms with Crippen molar-refractivity contribution < 1.29 is 4.74 Å². The van der Waals surface area contributed by atoms with Crippen molar-refractivity contribution in [3.05, 3.63) is 64.6 Å². The molecule has 8 heteroatoms. The molecule has 1 fully saturated rings. The van der Waals surface area contributed by atoms with Crippen LogP contribution in [0.4, 0.5) is 10.9 Å². The maximum absolute atomic E-state index is 6.39. The number of benzene rings is 2. The van der Waals surface area contributed by atoms with E-state index in [1.54, 1.807) is 11.3 Å². The Morgan fingerprint density at radius 1 is 0.933 bits per heavy atom. The number of ether oxygens (including phenoxy) is 1. The summed E-state index contributed by atoms with van der Waals surface area (Å²) in [5, 5.41) is 4.38. The molecule has 0 radical (unpaired) electrons. The topological polar surface area (TPSA) is 63.2 Å². The number of aromatic nitrogens is 3. The molecule has 2 aromatic heterocycles. The van der Waals surface area contributed by atoms with Crippen LogP contribution < -0.4 is 5.32 Å². The number of nitrogens with one attached hydrogen (secondary N) is 1. The van der Waals surface area contributed by atoms with Crippen LogP contribution in [0.5, 0.6) is 0 Å². The Labute approximate surface area is 183 Å². The van der Waals surface area contributed by atoms with E-state index in [-0.39, 0.29) is 0 Å². The molecule has 0 unspecified atom stereocenters. The van der Waals surface area contributed by atoms with Gasteiger partial charge >= 0.3 is 0 Å². The van der Waals surface area contributed by atoms with Crippen LogP contribution in [-0.2, 0) is 11.3 Å². The van der Waals surface area contributed by atoms with Crippen molar-refractivity contribution in [2.45, 2.75) is 6.54 Å². The van der Waals surface area contributed by atoms with Gasteiger partial charge in [0.15, 0.2) is 16.1 Å². The fourth-order valence-corrected chi connectivity index (χ4v) is 4.66. The number of thiazole rings is 1. The van der Waals surface area contributed by atoms with E-state index in [1.807, 2.05) is 42.5 Å². The molecular formula is C22H20ClN5OS. The third-order valence-electron chi connectivity index (χ3n) is 4.97. The average Bonchev–Trinajstić information content (AvgIpc) is 3.17. The summed E-state index contributed by atoms with van der Waals surface area (Å²) in [6, 6.07) is 17.9. The maximum atomic E-state index is 6.39. The lowest BCUT2D eigenvalue weighted by molar-refractivity contribution is 0.0347. The van der Waals surface area contributed by atoms with Crippen molar-refractivity contribution in [3.8, 4) is 11.3 Å². The van der Waals surface area contributed by atoms with E-state index >= 15 is 0 Å². The van der Waals surface area contributed by atoms with Crippen molar-refractivity contribution in [2.24, 2.45) is 0 Å². The molecule has 30 heavy (non-hydrogen) atoms. The van der Waals surface area contributed by atoms with E-state index in [1.165, 1.54) is 4.88 Å². The Morgan fingerprint density at radius 3 is 2.40 bits per heavy atom. The smallest absolute Gasteiger partial charge is 0.189 e. The molecule has 0 amide bonds. The summed E-state index contributed by atoms with van der Waals surface area (Å²) >= 11 is 8.02. The number of anilines is 2. The highest BCUT2D eigenvalue weighted by Gasteiger charge is 2.19. The number of morpholine rings is 1. The van der Waals surface area contributed by atoms with Gasteiger partial charge in [-0.15, -0.1) is 0 Å². The second kappa shape index (κ2) is 8.65. The molecule has 0 spiro atoms. The fraction of sp³-hybridized carbons (Fsp3) is 0.227. The minimum Gasteiger partial charge on any atom is -0.379 e. The first-order chi connectivity index (χ1) is 14.8. The average molecular weight is 438 g/mol. The van der Waals surface area contributed by atoms with Gasteiger partial charge in [0.2, 0.25) is 0 Å². The molecule has 2 aromatic carbocycles. The molecule has 1 aliphatic heterocycles. The number of hydrogen-bond acceptors (Lipinski definition) is 7. The van der Waals surface area contributed by atoms with Crippen molar-refractivity contribution >= 4 is 44.9 Å². The second-order valence-electron chi connectivity index (χ2n) is 7.02. The number of fused-ring (bicyclic) bond motifs is 1. The number of para-hydroxylation sites is 2. The first kappa shape index (κ1) is 19.4. The van der Waals surface area contributed by atoms with Crippen LogP contribution in [0.2, 0.25) is 5.15 Å². The first-order valence-corrected chi connectivity index (χ1v) is 11.0. The number of nitrogens with zero attached hydrogens (tertiary/aromatic N) is 4. The van der Waals surface area contributed by atoms with Crippen LogP contribution >= 0.6 is 22.9 Å². The van der Waals surface area contributed by atoms with Gasteiger partial charge in [0, 0.05) is 30.1 Å². The summed E-state index contributed by atoms with van der Waals surface area (Å²) < 4.78 is 5.49. The van der Waals surface area contributed by atoms with Gasteiger partial charge in [0.05, 0.1) is 29.9 Å². The molecule has 0 bridgehead atoms. The Balaban J connectivity index is 1.48. The molecular weight excluding hydrogens is 418 g/mol. The quantitative estimate of drug-likeness (QED) is 0.475. The predicted octanol–water partition coefficient (Wildman–Crippen LogP) is 4.98. The molecule has 5 rings (SSSR count). The molecule has 3 heterocycles. The molecule has 0 saturated carbocycles. The van der Waals surface area contributed by atoms with Gasteiger partial charge in [0.1, 0.15) is 0 Å². The van der Waals surface area contributed by atoms with Crippen LogP contribution in [0.3, 0.4) is 0 Å². The molecule has 0 aliphatic carbocycles. The Hall–Kier alpha value is -2.58. The van der Waals surface area contributed by atoms with Crippen LogP contribution in [0.1, 0.15) is 4.88 Å². The summed E-state index contributed by atoms with van der Waals surface area (Å²) in [5.74, 6) is 0.515. The van der Waals surface area contributed by atoms with E-state index in [2.05, 4.69) is 32.3 Å². The fourth-order valence-electron chi connectivity index (χ4n) is 3.46. The van der Waals surface area contributed by atoms with E-state index in [0.29, 0.717) is 11.0 Å². The van der Waals surface area contributed by atoms with Crippen molar-refractivity contribution in [1.82, 2.24) is 19.9 Å². The third-order valence-corrected chi connectivity index (χ3v) is 6.19. The molecule has 1 N–H and O–H groups in total. The van der Waals surface area contributed by atoms with Crippen LogP contribution in [0.15, 0.2) is 54.6 Å². The highest BCUT2D eigenvalue weighted by molar-refractivity contribution is 7.16. The zero-order valence-electron chi connectivity index (χ0n) is 16.2. The lowest BCUT2D eigenvalue weighted by atomic mass is 10.1. The summed E-state index contributed by atoms with van der Waals surface area (Å²) in [4.78, 5) is 17.6. The monoisotopic (exact) mass is 437 g/mol. The van der Waals surface area contributed by atoms with Gasteiger partial charge in [-0.05, 0) is 12.1 Å². The van der Waals surface area contributed by atoms with Crippen molar-refractivity contribution in [1.29, 1.82) is 0 Å². The minimum atomic E-state index is 0.333. The number of halogens is 1. The zero-order chi connectivity index (χ0) is 20.3. The SMILES string of the molecule is Clc1nc2ccccc2nc1Nc1nc(-c2ccccc2)c(CN2CCOCC2)s1. The van der Waals surface area contributed by atoms with E-state index in [9.17, 15) is 0 Å². The highest BCUT2D eigenvalue weighted by atomic mass is 35.5. The summed E-state index contributed by atoms with van der Waals surface area (Å²) in [6.07, 6.45) is 0. The second-order valence-corrected chi connectivity index (χ2v) is 8.46.